The smallest absolute Gasteiger partial charge is 0.140 e. The van der Waals surface area contributed by atoms with Crippen molar-refractivity contribution < 1.29 is 4.74 Å². The maximum absolute atomic E-state index is 6.03. The minimum atomic E-state index is 0.735. The number of aryl methyl sites for hydroxylation is 3. The van der Waals surface area contributed by atoms with Gasteiger partial charge in [0.05, 0.1) is 6.20 Å². The predicted octanol–water partition coefficient (Wildman–Crippen LogP) is 3.39. The summed E-state index contributed by atoms with van der Waals surface area (Å²) in [4.78, 5) is 7.08. The molecule has 6 heteroatoms. The number of imidazole rings is 1. The third-order valence-electron chi connectivity index (χ3n) is 5.33. The fraction of sp³-hybridized carbons (Fsp3) is 0.455. The summed E-state index contributed by atoms with van der Waals surface area (Å²) >= 11 is 0. The number of piperidine rings is 1. The normalized spacial score (nSPS) is 15.0. The molecule has 0 atom stereocenters. The van der Waals surface area contributed by atoms with Crippen molar-refractivity contribution in [1.29, 1.82) is 0 Å². The molecule has 1 aromatic carbocycles. The van der Waals surface area contributed by atoms with E-state index in [0.717, 1.165) is 43.3 Å². The third kappa shape index (κ3) is 4.81. The minimum Gasteiger partial charge on any atom is -0.492 e. The quantitative estimate of drug-likeness (QED) is 0.602. The Morgan fingerprint density at radius 2 is 2.00 bits per heavy atom. The molecule has 2 aromatic heterocycles. The summed E-state index contributed by atoms with van der Waals surface area (Å²) in [6.07, 6.45) is 12.8. The number of hydrogen-bond donors (Lipinski definition) is 0. The van der Waals surface area contributed by atoms with Crippen LogP contribution in [0.3, 0.4) is 0 Å². The lowest BCUT2D eigenvalue weighted by atomic mass is 10.1. The standard InChI is InChI=1S/C22H29N5O/c1-25-18-19(17-24-25)8-12-27-13-9-23-22(27)20-6-5-7-21(16-20)28-15-14-26-10-3-2-4-11-26/h5-7,9,13,16-18H,2-4,8,10-12,14-15H2,1H3. The predicted molar refractivity (Wildman–Crippen MR) is 110 cm³/mol. The Morgan fingerprint density at radius 3 is 2.82 bits per heavy atom. The van der Waals surface area contributed by atoms with E-state index in [4.69, 9.17) is 4.74 Å². The number of ether oxygens (including phenoxy) is 1. The molecular weight excluding hydrogens is 350 g/mol. The van der Waals surface area contributed by atoms with Crippen LogP contribution in [0.4, 0.5) is 0 Å². The Labute approximate surface area is 166 Å². The van der Waals surface area contributed by atoms with E-state index in [1.165, 1.54) is 37.9 Å². The van der Waals surface area contributed by atoms with Gasteiger partial charge in [0.1, 0.15) is 18.2 Å². The molecule has 0 N–H and O–H groups in total. The first-order valence-corrected chi connectivity index (χ1v) is 10.2. The maximum atomic E-state index is 6.03. The number of aromatic nitrogens is 4. The van der Waals surface area contributed by atoms with Crippen molar-refractivity contribution in [3.05, 3.63) is 54.6 Å². The van der Waals surface area contributed by atoms with Crippen molar-refractivity contribution in [3.63, 3.8) is 0 Å². The van der Waals surface area contributed by atoms with Crippen molar-refractivity contribution in [2.45, 2.75) is 32.2 Å². The Balaban J connectivity index is 1.36. The van der Waals surface area contributed by atoms with Crippen LogP contribution in [0.5, 0.6) is 5.75 Å². The molecule has 148 valence electrons. The second-order valence-electron chi connectivity index (χ2n) is 7.50. The summed E-state index contributed by atoms with van der Waals surface area (Å²) in [7, 11) is 1.95. The number of likely N-dealkylation sites (tertiary alicyclic amines) is 1. The summed E-state index contributed by atoms with van der Waals surface area (Å²) in [6.45, 7) is 5.03. The third-order valence-corrected chi connectivity index (χ3v) is 5.33. The van der Waals surface area contributed by atoms with Gasteiger partial charge in [-0.05, 0) is 50.0 Å². The average Bonchev–Trinajstić information content (AvgIpc) is 3.36. The monoisotopic (exact) mass is 379 g/mol. The minimum absolute atomic E-state index is 0.735. The molecule has 1 saturated heterocycles. The Morgan fingerprint density at radius 1 is 1.11 bits per heavy atom. The molecule has 3 heterocycles. The molecule has 0 bridgehead atoms. The average molecular weight is 380 g/mol. The van der Waals surface area contributed by atoms with Crippen LogP contribution >= 0.6 is 0 Å². The highest BCUT2D eigenvalue weighted by Crippen LogP contribution is 2.23. The molecule has 1 fully saturated rings. The lowest BCUT2D eigenvalue weighted by Gasteiger charge is -2.26. The first-order chi connectivity index (χ1) is 13.8. The summed E-state index contributed by atoms with van der Waals surface area (Å²) in [5, 5.41) is 4.24. The second-order valence-corrected chi connectivity index (χ2v) is 7.50. The van der Waals surface area contributed by atoms with Gasteiger partial charge in [0.15, 0.2) is 0 Å². The van der Waals surface area contributed by atoms with E-state index in [0.29, 0.717) is 0 Å². The highest BCUT2D eigenvalue weighted by atomic mass is 16.5. The SMILES string of the molecule is Cn1cc(CCn2ccnc2-c2cccc(OCCN3CCCCC3)c2)cn1. The Bertz CT molecular complexity index is 878. The van der Waals surface area contributed by atoms with E-state index >= 15 is 0 Å². The largest absolute Gasteiger partial charge is 0.492 e. The first kappa shape index (κ1) is 18.7. The van der Waals surface area contributed by atoms with Gasteiger partial charge in [-0.3, -0.25) is 9.58 Å². The summed E-state index contributed by atoms with van der Waals surface area (Å²) < 4.78 is 10.1. The van der Waals surface area contributed by atoms with Gasteiger partial charge < -0.3 is 9.30 Å². The molecule has 3 aromatic rings. The maximum Gasteiger partial charge on any atom is 0.140 e. The van der Waals surface area contributed by atoms with Gasteiger partial charge in [-0.15, -0.1) is 0 Å². The van der Waals surface area contributed by atoms with Crippen molar-refractivity contribution >= 4 is 0 Å². The van der Waals surface area contributed by atoms with Crippen molar-refractivity contribution in [1.82, 2.24) is 24.2 Å². The molecular formula is C22H29N5O. The molecule has 0 radical (unpaired) electrons. The van der Waals surface area contributed by atoms with Crippen molar-refractivity contribution in [2.24, 2.45) is 7.05 Å². The molecule has 0 saturated carbocycles. The van der Waals surface area contributed by atoms with E-state index in [1.54, 1.807) is 0 Å². The van der Waals surface area contributed by atoms with Crippen LogP contribution in [0.1, 0.15) is 24.8 Å². The zero-order valence-corrected chi connectivity index (χ0v) is 16.6. The molecule has 0 amide bonds. The summed E-state index contributed by atoms with van der Waals surface area (Å²) in [6, 6.07) is 8.27. The van der Waals surface area contributed by atoms with Gasteiger partial charge in [-0.25, -0.2) is 4.98 Å². The van der Waals surface area contributed by atoms with Gasteiger partial charge >= 0.3 is 0 Å². The van der Waals surface area contributed by atoms with Crippen LogP contribution in [0, 0.1) is 0 Å². The fourth-order valence-corrected chi connectivity index (χ4v) is 3.80. The lowest BCUT2D eigenvalue weighted by Crippen LogP contribution is -2.33. The van der Waals surface area contributed by atoms with Crippen LogP contribution in [0.25, 0.3) is 11.4 Å². The zero-order chi connectivity index (χ0) is 19.2. The van der Waals surface area contributed by atoms with E-state index in [-0.39, 0.29) is 0 Å². The Hall–Kier alpha value is -2.60. The molecule has 28 heavy (non-hydrogen) atoms. The van der Waals surface area contributed by atoms with Gasteiger partial charge in [0.25, 0.3) is 0 Å². The second kappa shape index (κ2) is 9.06. The number of benzene rings is 1. The number of rotatable bonds is 8. The van der Waals surface area contributed by atoms with E-state index in [2.05, 4.69) is 37.9 Å². The highest BCUT2D eigenvalue weighted by molar-refractivity contribution is 5.58. The zero-order valence-electron chi connectivity index (χ0n) is 16.6. The molecule has 0 unspecified atom stereocenters. The molecule has 6 nitrogen and oxygen atoms in total. The van der Waals surface area contributed by atoms with Crippen LogP contribution in [0.15, 0.2) is 49.1 Å². The van der Waals surface area contributed by atoms with Crippen LogP contribution < -0.4 is 4.74 Å². The molecule has 4 rings (SSSR count). The number of hydrogen-bond acceptors (Lipinski definition) is 4. The van der Waals surface area contributed by atoms with Gasteiger partial charge in [0.2, 0.25) is 0 Å². The summed E-state index contributed by atoms with van der Waals surface area (Å²) in [5.41, 5.74) is 2.32. The van der Waals surface area contributed by atoms with Crippen molar-refractivity contribution in [3.8, 4) is 17.1 Å². The molecule has 1 aliphatic heterocycles. The fourth-order valence-electron chi connectivity index (χ4n) is 3.80. The number of nitrogens with zero attached hydrogens (tertiary/aromatic N) is 5. The van der Waals surface area contributed by atoms with E-state index in [9.17, 15) is 0 Å². The van der Waals surface area contributed by atoms with Crippen LogP contribution in [0.2, 0.25) is 0 Å². The summed E-state index contributed by atoms with van der Waals surface area (Å²) in [5.74, 6) is 1.89. The van der Waals surface area contributed by atoms with E-state index < -0.39 is 0 Å². The lowest BCUT2D eigenvalue weighted by molar-refractivity contribution is 0.183. The van der Waals surface area contributed by atoms with Gasteiger partial charge in [0, 0.05) is 44.3 Å². The van der Waals surface area contributed by atoms with E-state index in [1.807, 2.05) is 42.5 Å². The first-order valence-electron chi connectivity index (χ1n) is 10.2. The van der Waals surface area contributed by atoms with Gasteiger partial charge in [-0.2, -0.15) is 5.10 Å². The molecule has 0 spiro atoms. The van der Waals surface area contributed by atoms with Gasteiger partial charge in [-0.1, -0.05) is 18.6 Å². The van der Waals surface area contributed by atoms with Crippen LogP contribution in [-0.4, -0.2) is 50.5 Å². The highest BCUT2D eigenvalue weighted by Gasteiger charge is 2.11. The van der Waals surface area contributed by atoms with Crippen molar-refractivity contribution in [2.75, 3.05) is 26.2 Å². The topological polar surface area (TPSA) is 48.1 Å². The van der Waals surface area contributed by atoms with Crippen LogP contribution in [-0.2, 0) is 20.0 Å². The molecule has 1 aliphatic rings. The molecule has 0 aliphatic carbocycles. The Kier molecular flexibility index (Phi) is 6.07.